The summed E-state index contributed by atoms with van der Waals surface area (Å²) in [6.45, 7) is 1.18. The van der Waals surface area contributed by atoms with Gasteiger partial charge in [-0.3, -0.25) is 4.90 Å². The fraction of sp³-hybridized carbons (Fsp3) is 0.750. The molecule has 66 valence electrons. The average Bonchev–Trinajstić information content (AvgIpc) is 2.59. The van der Waals surface area contributed by atoms with Crippen molar-refractivity contribution in [3.8, 4) is 0 Å². The number of aryl methyl sites for hydroxylation is 1. The molecule has 1 aliphatic rings. The van der Waals surface area contributed by atoms with E-state index in [0.717, 1.165) is 5.82 Å². The van der Waals surface area contributed by atoms with Crippen molar-refractivity contribution in [2.24, 2.45) is 7.05 Å². The summed E-state index contributed by atoms with van der Waals surface area (Å²) in [6.07, 6.45) is 4.25. The van der Waals surface area contributed by atoms with Crippen LogP contribution in [0.25, 0.3) is 0 Å². The van der Waals surface area contributed by atoms with Crippen LogP contribution in [0.15, 0.2) is 6.33 Å². The summed E-state index contributed by atoms with van der Waals surface area (Å²) in [7, 11) is 4.15. The third-order valence-electron chi connectivity index (χ3n) is 2.56. The Labute approximate surface area is 72.2 Å². The van der Waals surface area contributed by atoms with Gasteiger partial charge in [-0.2, -0.15) is 0 Å². The van der Waals surface area contributed by atoms with Crippen LogP contribution < -0.4 is 0 Å². The van der Waals surface area contributed by atoms with Crippen LogP contribution in [-0.4, -0.2) is 33.3 Å². The minimum Gasteiger partial charge on any atom is -0.319 e. The van der Waals surface area contributed by atoms with Gasteiger partial charge >= 0.3 is 0 Å². The Morgan fingerprint density at radius 1 is 1.50 bits per heavy atom. The molecule has 0 radical (unpaired) electrons. The maximum absolute atomic E-state index is 4.12. The molecule has 1 atom stereocenters. The van der Waals surface area contributed by atoms with Gasteiger partial charge in [0, 0.05) is 7.05 Å². The molecule has 1 fully saturated rings. The molecule has 0 saturated carbocycles. The van der Waals surface area contributed by atoms with Crippen LogP contribution in [0.2, 0.25) is 0 Å². The van der Waals surface area contributed by atoms with Crippen LogP contribution >= 0.6 is 0 Å². The van der Waals surface area contributed by atoms with Gasteiger partial charge in [0.2, 0.25) is 0 Å². The molecule has 1 saturated heterocycles. The Morgan fingerprint density at radius 3 is 2.83 bits per heavy atom. The maximum Gasteiger partial charge on any atom is 0.149 e. The van der Waals surface area contributed by atoms with E-state index in [0.29, 0.717) is 6.04 Å². The third kappa shape index (κ3) is 1.12. The normalized spacial score (nSPS) is 25.0. The second kappa shape index (κ2) is 2.86. The SMILES string of the molecule is CN1CCCC1c1nncn1C. The molecule has 0 N–H and O–H groups in total. The fourth-order valence-corrected chi connectivity index (χ4v) is 1.83. The van der Waals surface area contributed by atoms with Crippen LogP contribution in [0.4, 0.5) is 0 Å². The highest BCUT2D eigenvalue weighted by atomic mass is 15.3. The van der Waals surface area contributed by atoms with E-state index in [4.69, 9.17) is 0 Å². The zero-order valence-electron chi connectivity index (χ0n) is 7.56. The van der Waals surface area contributed by atoms with Crippen molar-refractivity contribution in [3.05, 3.63) is 12.2 Å². The van der Waals surface area contributed by atoms with E-state index >= 15 is 0 Å². The van der Waals surface area contributed by atoms with Crippen molar-refractivity contribution < 1.29 is 0 Å². The van der Waals surface area contributed by atoms with Gasteiger partial charge < -0.3 is 4.57 Å². The molecule has 1 aliphatic heterocycles. The van der Waals surface area contributed by atoms with E-state index in [1.807, 2.05) is 11.6 Å². The smallest absolute Gasteiger partial charge is 0.149 e. The quantitative estimate of drug-likeness (QED) is 0.612. The molecule has 0 bridgehead atoms. The van der Waals surface area contributed by atoms with E-state index in [9.17, 15) is 0 Å². The van der Waals surface area contributed by atoms with Crippen molar-refractivity contribution in [1.82, 2.24) is 19.7 Å². The van der Waals surface area contributed by atoms with Gasteiger partial charge in [-0.25, -0.2) is 0 Å². The van der Waals surface area contributed by atoms with Crippen LogP contribution in [0.3, 0.4) is 0 Å². The molecule has 12 heavy (non-hydrogen) atoms. The lowest BCUT2D eigenvalue weighted by atomic mass is 10.2. The highest BCUT2D eigenvalue weighted by Crippen LogP contribution is 2.27. The molecule has 0 aliphatic carbocycles. The van der Waals surface area contributed by atoms with Crippen molar-refractivity contribution in [3.63, 3.8) is 0 Å². The molecule has 1 unspecified atom stereocenters. The predicted octanol–water partition coefficient (Wildman–Crippen LogP) is 0.582. The first-order valence-corrected chi connectivity index (χ1v) is 4.33. The van der Waals surface area contributed by atoms with Crippen molar-refractivity contribution in [2.45, 2.75) is 18.9 Å². The van der Waals surface area contributed by atoms with Gasteiger partial charge in [0.05, 0.1) is 6.04 Å². The number of hydrogen-bond donors (Lipinski definition) is 0. The molecule has 0 amide bonds. The monoisotopic (exact) mass is 166 g/mol. The van der Waals surface area contributed by atoms with Crippen LogP contribution in [-0.2, 0) is 7.05 Å². The fourth-order valence-electron chi connectivity index (χ4n) is 1.83. The first-order chi connectivity index (χ1) is 5.79. The lowest BCUT2D eigenvalue weighted by Crippen LogP contribution is -2.20. The molecule has 0 spiro atoms. The summed E-state index contributed by atoms with van der Waals surface area (Å²) in [4.78, 5) is 2.34. The zero-order chi connectivity index (χ0) is 8.55. The van der Waals surface area contributed by atoms with Crippen molar-refractivity contribution in [2.75, 3.05) is 13.6 Å². The highest BCUT2D eigenvalue weighted by molar-refractivity contribution is 4.97. The maximum atomic E-state index is 4.12. The standard InChI is InChI=1S/C8H14N4/c1-11-5-3-4-7(11)8-10-9-6-12(8)2/h6-7H,3-5H2,1-2H3. The summed E-state index contributed by atoms with van der Waals surface area (Å²) < 4.78 is 2.01. The highest BCUT2D eigenvalue weighted by Gasteiger charge is 2.25. The van der Waals surface area contributed by atoms with Gasteiger partial charge in [0.1, 0.15) is 12.2 Å². The first kappa shape index (κ1) is 7.73. The van der Waals surface area contributed by atoms with E-state index in [2.05, 4.69) is 22.1 Å². The lowest BCUT2D eigenvalue weighted by Gasteiger charge is -2.17. The topological polar surface area (TPSA) is 34.0 Å². The van der Waals surface area contributed by atoms with Gasteiger partial charge in [-0.1, -0.05) is 0 Å². The summed E-state index contributed by atoms with van der Waals surface area (Å²) in [5.41, 5.74) is 0. The van der Waals surface area contributed by atoms with Crippen LogP contribution in [0, 0.1) is 0 Å². The van der Waals surface area contributed by atoms with Gasteiger partial charge in [-0.05, 0) is 26.4 Å². The van der Waals surface area contributed by atoms with Crippen LogP contribution in [0.5, 0.6) is 0 Å². The first-order valence-electron chi connectivity index (χ1n) is 4.33. The minimum atomic E-state index is 0.484. The summed E-state index contributed by atoms with van der Waals surface area (Å²) in [6, 6.07) is 0.484. The Kier molecular flexibility index (Phi) is 1.84. The largest absolute Gasteiger partial charge is 0.319 e. The van der Waals surface area contributed by atoms with Crippen molar-refractivity contribution in [1.29, 1.82) is 0 Å². The summed E-state index contributed by atoms with van der Waals surface area (Å²) in [5.74, 6) is 1.09. The van der Waals surface area contributed by atoms with Crippen LogP contribution in [0.1, 0.15) is 24.7 Å². The molecule has 1 aromatic rings. The number of rotatable bonds is 1. The molecule has 1 aromatic heterocycles. The number of likely N-dealkylation sites (tertiary alicyclic amines) is 1. The van der Waals surface area contributed by atoms with Gasteiger partial charge in [-0.15, -0.1) is 10.2 Å². The summed E-state index contributed by atoms with van der Waals surface area (Å²) in [5, 5.41) is 8.01. The predicted molar refractivity (Wildman–Crippen MR) is 45.6 cm³/mol. The van der Waals surface area contributed by atoms with E-state index < -0.39 is 0 Å². The number of nitrogens with zero attached hydrogens (tertiary/aromatic N) is 4. The van der Waals surface area contributed by atoms with E-state index in [1.54, 1.807) is 6.33 Å². The van der Waals surface area contributed by atoms with E-state index in [-0.39, 0.29) is 0 Å². The van der Waals surface area contributed by atoms with Gasteiger partial charge in [0.15, 0.2) is 0 Å². The molecular formula is C8H14N4. The van der Waals surface area contributed by atoms with Gasteiger partial charge in [0.25, 0.3) is 0 Å². The number of aromatic nitrogens is 3. The minimum absolute atomic E-state index is 0.484. The molecule has 4 heteroatoms. The second-order valence-corrected chi connectivity index (χ2v) is 3.44. The molecule has 2 heterocycles. The Morgan fingerprint density at radius 2 is 2.33 bits per heavy atom. The van der Waals surface area contributed by atoms with E-state index in [1.165, 1.54) is 19.4 Å². The number of hydrogen-bond acceptors (Lipinski definition) is 3. The summed E-state index contributed by atoms with van der Waals surface area (Å²) >= 11 is 0. The second-order valence-electron chi connectivity index (χ2n) is 3.44. The zero-order valence-corrected chi connectivity index (χ0v) is 7.56. The molecule has 4 nitrogen and oxygen atoms in total. The molecule has 0 aromatic carbocycles. The lowest BCUT2D eigenvalue weighted by molar-refractivity contribution is 0.300. The third-order valence-corrected chi connectivity index (χ3v) is 2.56. The molecule has 2 rings (SSSR count). The average molecular weight is 166 g/mol. The Hall–Kier alpha value is -0.900. The Balaban J connectivity index is 2.24. The molecular weight excluding hydrogens is 152 g/mol. The van der Waals surface area contributed by atoms with Crippen molar-refractivity contribution >= 4 is 0 Å². The Bertz CT molecular complexity index is 268.